The van der Waals surface area contributed by atoms with Crippen molar-refractivity contribution in [3.05, 3.63) is 24.3 Å². The molecule has 0 spiro atoms. The fourth-order valence-corrected chi connectivity index (χ4v) is 2.96. The predicted octanol–water partition coefficient (Wildman–Crippen LogP) is 1.61. The van der Waals surface area contributed by atoms with Crippen molar-refractivity contribution in [2.24, 2.45) is 0 Å². The number of carboxylic acids is 2. The number of thioether (sulfide) groups is 2. The second-order valence-electron chi connectivity index (χ2n) is 4.88. The zero-order valence-corrected chi connectivity index (χ0v) is 14.7. The smallest absolute Gasteiger partial charge is 0.313 e. The van der Waals surface area contributed by atoms with Gasteiger partial charge in [0.05, 0.1) is 11.5 Å². The zero-order chi connectivity index (χ0) is 18.5. The Morgan fingerprint density at radius 3 is 1.54 bits per heavy atom. The molecule has 0 amide bonds. The SMILES string of the molecule is O=C(O)CSc1n[nH]c(-c2ccc(-c3nc(SCC(=O)O)n[nH]3)cc2)n1. The van der Waals surface area contributed by atoms with Crippen molar-refractivity contribution >= 4 is 35.5 Å². The number of carboxylic acid groups (broad SMARTS) is 2. The van der Waals surface area contributed by atoms with E-state index in [-0.39, 0.29) is 11.5 Å². The minimum Gasteiger partial charge on any atom is -0.481 e. The van der Waals surface area contributed by atoms with E-state index in [1.165, 1.54) is 0 Å². The Morgan fingerprint density at radius 1 is 0.808 bits per heavy atom. The second kappa shape index (κ2) is 8.01. The predicted molar refractivity (Wildman–Crippen MR) is 93.9 cm³/mol. The Bertz CT molecular complexity index is 848. The molecule has 4 N–H and O–H groups in total. The van der Waals surface area contributed by atoms with Gasteiger partial charge in [-0.3, -0.25) is 19.8 Å². The Kier molecular flexibility index (Phi) is 5.53. The first-order valence-electron chi connectivity index (χ1n) is 7.16. The number of nitrogens with zero attached hydrogens (tertiary/aromatic N) is 4. The Morgan fingerprint density at radius 2 is 1.19 bits per heavy atom. The minimum atomic E-state index is -0.932. The van der Waals surface area contributed by atoms with Gasteiger partial charge < -0.3 is 10.2 Å². The first kappa shape index (κ1) is 17.9. The van der Waals surface area contributed by atoms with E-state index in [2.05, 4.69) is 30.4 Å². The van der Waals surface area contributed by atoms with Crippen LogP contribution in [0.15, 0.2) is 34.6 Å². The van der Waals surface area contributed by atoms with Crippen LogP contribution in [0.3, 0.4) is 0 Å². The van der Waals surface area contributed by atoms with Gasteiger partial charge in [-0.15, -0.1) is 10.2 Å². The summed E-state index contributed by atoms with van der Waals surface area (Å²) in [6.07, 6.45) is 0. The lowest BCUT2D eigenvalue weighted by Crippen LogP contribution is -1.97. The van der Waals surface area contributed by atoms with Crippen LogP contribution < -0.4 is 0 Å². The highest BCUT2D eigenvalue weighted by Crippen LogP contribution is 2.23. The number of H-pyrrole nitrogens is 2. The number of hydrogen-bond acceptors (Lipinski definition) is 8. The van der Waals surface area contributed by atoms with E-state index in [1.54, 1.807) is 0 Å². The van der Waals surface area contributed by atoms with E-state index in [0.717, 1.165) is 34.7 Å². The first-order chi connectivity index (χ1) is 12.5. The molecule has 0 radical (unpaired) electrons. The highest BCUT2D eigenvalue weighted by atomic mass is 32.2. The van der Waals surface area contributed by atoms with Gasteiger partial charge in [0.1, 0.15) is 0 Å². The maximum Gasteiger partial charge on any atom is 0.313 e. The fourth-order valence-electron chi connectivity index (χ4n) is 1.92. The van der Waals surface area contributed by atoms with E-state index < -0.39 is 11.9 Å². The Labute approximate surface area is 154 Å². The lowest BCUT2D eigenvalue weighted by Gasteiger charge is -1.98. The van der Waals surface area contributed by atoms with Crippen LogP contribution >= 0.6 is 23.5 Å². The minimum absolute atomic E-state index is 0.107. The molecule has 134 valence electrons. The third-order valence-corrected chi connectivity index (χ3v) is 4.68. The number of carbonyl (C=O) groups is 2. The molecule has 12 heteroatoms. The molecule has 10 nitrogen and oxygen atoms in total. The van der Waals surface area contributed by atoms with Gasteiger partial charge in [-0.25, -0.2) is 9.97 Å². The van der Waals surface area contributed by atoms with E-state index in [1.807, 2.05) is 24.3 Å². The molecular formula is C14H12N6O4S2. The van der Waals surface area contributed by atoms with Crippen LogP contribution in [0.4, 0.5) is 0 Å². The van der Waals surface area contributed by atoms with E-state index >= 15 is 0 Å². The Balaban J connectivity index is 1.68. The zero-order valence-electron chi connectivity index (χ0n) is 13.0. The summed E-state index contributed by atoms with van der Waals surface area (Å²) in [7, 11) is 0. The highest BCUT2D eigenvalue weighted by molar-refractivity contribution is 8.00. The molecule has 3 rings (SSSR count). The molecule has 0 saturated heterocycles. The monoisotopic (exact) mass is 392 g/mol. The number of benzene rings is 1. The summed E-state index contributed by atoms with van der Waals surface area (Å²) in [4.78, 5) is 29.6. The highest BCUT2D eigenvalue weighted by Gasteiger charge is 2.11. The van der Waals surface area contributed by atoms with Crippen molar-refractivity contribution in [2.75, 3.05) is 11.5 Å². The van der Waals surface area contributed by atoms with Crippen LogP contribution in [-0.2, 0) is 9.59 Å². The van der Waals surface area contributed by atoms with Crippen molar-refractivity contribution < 1.29 is 19.8 Å². The summed E-state index contributed by atoms with van der Waals surface area (Å²) in [5, 5.41) is 31.5. The summed E-state index contributed by atoms with van der Waals surface area (Å²) in [6, 6.07) is 7.25. The van der Waals surface area contributed by atoms with Crippen molar-refractivity contribution in [1.29, 1.82) is 0 Å². The first-order valence-corrected chi connectivity index (χ1v) is 9.13. The van der Waals surface area contributed by atoms with Gasteiger partial charge >= 0.3 is 11.9 Å². The number of nitrogens with one attached hydrogen (secondary N) is 2. The lowest BCUT2D eigenvalue weighted by atomic mass is 10.1. The van der Waals surface area contributed by atoms with Gasteiger partial charge in [0, 0.05) is 11.1 Å². The molecule has 1 aromatic carbocycles. The molecule has 0 aliphatic rings. The van der Waals surface area contributed by atoms with Crippen LogP contribution in [0.25, 0.3) is 22.8 Å². The van der Waals surface area contributed by atoms with Crippen molar-refractivity contribution in [3.63, 3.8) is 0 Å². The van der Waals surface area contributed by atoms with E-state index in [4.69, 9.17) is 10.2 Å². The maximum absolute atomic E-state index is 10.6. The molecule has 0 unspecified atom stereocenters. The van der Waals surface area contributed by atoms with Crippen LogP contribution in [0.5, 0.6) is 0 Å². The van der Waals surface area contributed by atoms with E-state index in [9.17, 15) is 9.59 Å². The maximum atomic E-state index is 10.6. The summed E-state index contributed by atoms with van der Waals surface area (Å²) < 4.78 is 0. The van der Waals surface area contributed by atoms with Gasteiger partial charge in [0.15, 0.2) is 11.6 Å². The molecular weight excluding hydrogens is 380 g/mol. The second-order valence-corrected chi connectivity index (χ2v) is 6.76. The molecule has 0 saturated carbocycles. The molecule has 3 aromatic rings. The normalized spacial score (nSPS) is 10.8. The average molecular weight is 392 g/mol. The van der Waals surface area contributed by atoms with Crippen LogP contribution in [-0.4, -0.2) is 64.0 Å². The van der Waals surface area contributed by atoms with Crippen molar-refractivity contribution in [1.82, 2.24) is 30.4 Å². The molecule has 0 aliphatic heterocycles. The summed E-state index contributed by atoms with van der Waals surface area (Å²) in [6.45, 7) is 0. The van der Waals surface area contributed by atoms with Crippen LogP contribution in [0, 0.1) is 0 Å². The van der Waals surface area contributed by atoms with Gasteiger partial charge in [-0.05, 0) is 0 Å². The fraction of sp³-hybridized carbons (Fsp3) is 0.143. The molecule has 26 heavy (non-hydrogen) atoms. The van der Waals surface area contributed by atoms with E-state index in [0.29, 0.717) is 22.0 Å². The van der Waals surface area contributed by atoms with Crippen molar-refractivity contribution in [2.45, 2.75) is 10.3 Å². The number of aliphatic carboxylic acids is 2. The quantitative estimate of drug-likeness (QED) is 0.415. The number of aromatic nitrogens is 6. The van der Waals surface area contributed by atoms with Crippen LogP contribution in [0.2, 0.25) is 0 Å². The average Bonchev–Trinajstić information content (AvgIpc) is 3.28. The summed E-state index contributed by atoms with van der Waals surface area (Å²) in [5.41, 5.74) is 1.56. The van der Waals surface area contributed by atoms with Gasteiger partial charge in [0.2, 0.25) is 10.3 Å². The largest absolute Gasteiger partial charge is 0.481 e. The van der Waals surface area contributed by atoms with Gasteiger partial charge in [-0.1, -0.05) is 47.8 Å². The lowest BCUT2D eigenvalue weighted by molar-refractivity contribution is -0.134. The third-order valence-electron chi connectivity index (χ3n) is 3.01. The standard InChI is InChI=1S/C14H12N6O4S2/c21-9(22)5-25-13-15-11(17-19-13)7-1-2-8(4-3-7)12-16-14(20-18-12)26-6-10(23)24/h1-4H,5-6H2,(H,21,22)(H,23,24)(H,15,17,19)(H,16,18,20). The summed E-state index contributed by atoms with van der Waals surface area (Å²) >= 11 is 2.07. The number of aromatic amines is 2. The van der Waals surface area contributed by atoms with Crippen LogP contribution in [0.1, 0.15) is 0 Å². The third kappa shape index (κ3) is 4.61. The van der Waals surface area contributed by atoms with Gasteiger partial charge in [0.25, 0.3) is 0 Å². The molecule has 0 aliphatic carbocycles. The molecule has 2 aromatic heterocycles. The molecule has 0 fully saturated rings. The summed E-state index contributed by atoms with van der Waals surface area (Å²) in [5.74, 6) is -1.02. The topological polar surface area (TPSA) is 158 Å². The number of hydrogen-bond donors (Lipinski definition) is 4. The molecule has 0 atom stereocenters. The van der Waals surface area contributed by atoms with Crippen molar-refractivity contribution in [3.8, 4) is 22.8 Å². The number of rotatable bonds is 8. The molecule has 2 heterocycles. The Hall–Kier alpha value is -2.86. The molecule has 0 bridgehead atoms. The van der Waals surface area contributed by atoms with Gasteiger partial charge in [-0.2, -0.15) is 0 Å².